The van der Waals surface area contributed by atoms with Crippen molar-refractivity contribution in [3.05, 3.63) is 24.3 Å². The largest absolute Gasteiger partial charge is 0.494 e. The summed E-state index contributed by atoms with van der Waals surface area (Å²) in [5.74, 6) is 0.363. The average Bonchev–Trinajstić information content (AvgIpc) is 2.45. The summed E-state index contributed by atoms with van der Waals surface area (Å²) in [7, 11) is 1.27. The number of carbonyl (C=O) groups excluding carboxylic acids is 2. The first-order chi connectivity index (χ1) is 9.89. The van der Waals surface area contributed by atoms with Crippen LogP contribution >= 0.6 is 0 Å². The number of nitrogens with one attached hydrogen (secondary N) is 1. The van der Waals surface area contributed by atoms with E-state index < -0.39 is 17.4 Å². The third-order valence-corrected chi connectivity index (χ3v) is 2.65. The Kier molecular flexibility index (Phi) is 6.02. The number of hydrogen-bond acceptors (Lipinski definition) is 5. The SMILES string of the molecule is CCOc1ccc(OCC(=O)NC(C)(C)C(=O)OC)cc1. The van der Waals surface area contributed by atoms with Gasteiger partial charge in [-0.15, -0.1) is 0 Å². The summed E-state index contributed by atoms with van der Waals surface area (Å²) >= 11 is 0. The number of hydrogen-bond donors (Lipinski definition) is 1. The molecule has 0 bridgehead atoms. The fourth-order valence-electron chi connectivity index (χ4n) is 1.64. The van der Waals surface area contributed by atoms with E-state index in [9.17, 15) is 9.59 Å². The molecule has 0 aliphatic rings. The van der Waals surface area contributed by atoms with Crippen LogP contribution in [0.5, 0.6) is 11.5 Å². The number of benzene rings is 1. The molecule has 1 aromatic carbocycles. The molecule has 116 valence electrons. The number of esters is 1. The molecule has 6 nitrogen and oxygen atoms in total. The molecule has 0 atom stereocenters. The van der Waals surface area contributed by atoms with Gasteiger partial charge in [0.1, 0.15) is 17.0 Å². The van der Waals surface area contributed by atoms with Gasteiger partial charge in [0, 0.05) is 0 Å². The normalized spacial score (nSPS) is 10.7. The molecular weight excluding hydrogens is 274 g/mol. The van der Waals surface area contributed by atoms with E-state index in [1.165, 1.54) is 7.11 Å². The van der Waals surface area contributed by atoms with E-state index in [4.69, 9.17) is 9.47 Å². The lowest BCUT2D eigenvalue weighted by molar-refractivity contribution is -0.149. The van der Waals surface area contributed by atoms with E-state index >= 15 is 0 Å². The Bertz CT molecular complexity index is 481. The van der Waals surface area contributed by atoms with Crippen molar-refractivity contribution < 1.29 is 23.8 Å². The topological polar surface area (TPSA) is 73.9 Å². The molecule has 1 rings (SSSR count). The van der Waals surface area contributed by atoms with Gasteiger partial charge in [0.2, 0.25) is 0 Å². The monoisotopic (exact) mass is 295 g/mol. The average molecular weight is 295 g/mol. The number of rotatable bonds is 7. The summed E-state index contributed by atoms with van der Waals surface area (Å²) in [5, 5.41) is 2.55. The van der Waals surface area contributed by atoms with Crippen LogP contribution in [0, 0.1) is 0 Å². The summed E-state index contributed by atoms with van der Waals surface area (Å²) in [4.78, 5) is 23.2. The first kappa shape index (κ1) is 16.8. The highest BCUT2D eigenvalue weighted by molar-refractivity contribution is 5.87. The lowest BCUT2D eigenvalue weighted by atomic mass is 10.1. The minimum absolute atomic E-state index is 0.186. The zero-order valence-electron chi connectivity index (χ0n) is 12.8. The quantitative estimate of drug-likeness (QED) is 0.772. The van der Waals surface area contributed by atoms with E-state index in [-0.39, 0.29) is 6.61 Å². The van der Waals surface area contributed by atoms with E-state index in [1.54, 1.807) is 38.1 Å². The second-order valence-corrected chi connectivity index (χ2v) is 4.86. The predicted molar refractivity (Wildman–Crippen MR) is 77.3 cm³/mol. The zero-order valence-corrected chi connectivity index (χ0v) is 12.8. The molecule has 1 N–H and O–H groups in total. The van der Waals surface area contributed by atoms with Crippen molar-refractivity contribution in [2.24, 2.45) is 0 Å². The Morgan fingerprint density at radius 1 is 1.10 bits per heavy atom. The number of methoxy groups -OCH3 is 1. The van der Waals surface area contributed by atoms with E-state index in [2.05, 4.69) is 10.1 Å². The Morgan fingerprint density at radius 2 is 1.62 bits per heavy atom. The standard InChI is InChI=1S/C15H21NO5/c1-5-20-11-6-8-12(9-7-11)21-10-13(17)16-15(2,3)14(18)19-4/h6-9H,5,10H2,1-4H3,(H,16,17). The van der Waals surface area contributed by atoms with Gasteiger partial charge < -0.3 is 19.5 Å². The molecule has 0 fully saturated rings. The number of carbonyl (C=O) groups is 2. The molecule has 0 saturated carbocycles. The third kappa shape index (κ3) is 5.33. The first-order valence-corrected chi connectivity index (χ1v) is 6.64. The maximum Gasteiger partial charge on any atom is 0.330 e. The predicted octanol–water partition coefficient (Wildman–Crippen LogP) is 1.53. The fraction of sp³-hybridized carbons (Fsp3) is 0.467. The lowest BCUT2D eigenvalue weighted by Crippen LogP contribution is -2.51. The van der Waals surface area contributed by atoms with Gasteiger partial charge in [-0.1, -0.05) is 0 Å². The fourth-order valence-corrected chi connectivity index (χ4v) is 1.64. The van der Waals surface area contributed by atoms with Crippen LogP contribution < -0.4 is 14.8 Å². The first-order valence-electron chi connectivity index (χ1n) is 6.64. The van der Waals surface area contributed by atoms with Gasteiger partial charge in [-0.2, -0.15) is 0 Å². The summed E-state index contributed by atoms with van der Waals surface area (Å²) in [6.45, 7) is 5.43. The Hall–Kier alpha value is -2.24. The third-order valence-electron chi connectivity index (χ3n) is 2.65. The maximum atomic E-state index is 11.8. The van der Waals surface area contributed by atoms with Gasteiger partial charge >= 0.3 is 5.97 Å². The summed E-state index contributed by atoms with van der Waals surface area (Å²) in [6.07, 6.45) is 0. The van der Waals surface area contributed by atoms with E-state index in [0.29, 0.717) is 12.4 Å². The van der Waals surface area contributed by atoms with Gasteiger partial charge in [-0.3, -0.25) is 4.79 Å². The van der Waals surface area contributed by atoms with Crippen LogP contribution in [0.15, 0.2) is 24.3 Å². The molecule has 0 saturated heterocycles. The maximum absolute atomic E-state index is 11.8. The molecule has 0 heterocycles. The van der Waals surface area contributed by atoms with Crippen molar-refractivity contribution in [2.75, 3.05) is 20.3 Å². The van der Waals surface area contributed by atoms with Crippen molar-refractivity contribution >= 4 is 11.9 Å². The van der Waals surface area contributed by atoms with Crippen molar-refractivity contribution in [1.82, 2.24) is 5.32 Å². The molecule has 0 aliphatic heterocycles. The van der Waals surface area contributed by atoms with Crippen molar-refractivity contribution in [3.8, 4) is 11.5 Å². The zero-order chi connectivity index (χ0) is 15.9. The number of ether oxygens (including phenoxy) is 3. The molecule has 0 spiro atoms. The van der Waals surface area contributed by atoms with Gasteiger partial charge in [0.25, 0.3) is 5.91 Å². The van der Waals surface area contributed by atoms with Crippen LogP contribution in [0.4, 0.5) is 0 Å². The highest BCUT2D eigenvalue weighted by Gasteiger charge is 2.30. The molecule has 0 radical (unpaired) electrons. The Morgan fingerprint density at radius 3 is 2.10 bits per heavy atom. The van der Waals surface area contributed by atoms with Crippen molar-refractivity contribution in [1.29, 1.82) is 0 Å². The van der Waals surface area contributed by atoms with Gasteiger partial charge in [0.15, 0.2) is 6.61 Å². The minimum atomic E-state index is -1.09. The van der Waals surface area contributed by atoms with Crippen LogP contribution in [-0.2, 0) is 14.3 Å². The van der Waals surface area contributed by atoms with Gasteiger partial charge in [0.05, 0.1) is 13.7 Å². The second-order valence-electron chi connectivity index (χ2n) is 4.86. The van der Waals surface area contributed by atoms with Crippen LogP contribution in [-0.4, -0.2) is 37.7 Å². The van der Waals surface area contributed by atoms with Gasteiger partial charge in [-0.05, 0) is 45.0 Å². The Labute approximate surface area is 124 Å². The molecule has 21 heavy (non-hydrogen) atoms. The van der Waals surface area contributed by atoms with Crippen LogP contribution in [0.25, 0.3) is 0 Å². The molecule has 6 heteroatoms. The van der Waals surface area contributed by atoms with Crippen LogP contribution in [0.1, 0.15) is 20.8 Å². The van der Waals surface area contributed by atoms with E-state index in [0.717, 1.165) is 5.75 Å². The van der Waals surface area contributed by atoms with Crippen LogP contribution in [0.2, 0.25) is 0 Å². The molecular formula is C15H21NO5. The molecule has 1 aromatic rings. The highest BCUT2D eigenvalue weighted by Crippen LogP contribution is 2.17. The highest BCUT2D eigenvalue weighted by atomic mass is 16.5. The molecule has 1 amide bonds. The second kappa shape index (κ2) is 7.52. The van der Waals surface area contributed by atoms with Crippen molar-refractivity contribution in [2.45, 2.75) is 26.3 Å². The molecule has 0 unspecified atom stereocenters. The smallest absolute Gasteiger partial charge is 0.330 e. The molecule has 0 aromatic heterocycles. The molecule has 0 aliphatic carbocycles. The van der Waals surface area contributed by atoms with Gasteiger partial charge in [-0.25, -0.2) is 4.79 Å². The summed E-state index contributed by atoms with van der Waals surface area (Å²) in [6, 6.07) is 6.94. The van der Waals surface area contributed by atoms with Crippen LogP contribution in [0.3, 0.4) is 0 Å². The lowest BCUT2D eigenvalue weighted by Gasteiger charge is -2.23. The van der Waals surface area contributed by atoms with E-state index in [1.807, 2.05) is 6.92 Å². The number of amides is 1. The summed E-state index contributed by atoms with van der Waals surface area (Å²) in [5.41, 5.74) is -1.09. The van der Waals surface area contributed by atoms with Crippen molar-refractivity contribution in [3.63, 3.8) is 0 Å². The minimum Gasteiger partial charge on any atom is -0.494 e. The summed E-state index contributed by atoms with van der Waals surface area (Å²) < 4.78 is 15.3. The Balaban J connectivity index is 2.47.